The van der Waals surface area contributed by atoms with E-state index < -0.39 is 0 Å². The molecule has 0 aliphatic carbocycles. The predicted octanol–water partition coefficient (Wildman–Crippen LogP) is 3.59. The van der Waals surface area contributed by atoms with Gasteiger partial charge in [0.2, 0.25) is 0 Å². The van der Waals surface area contributed by atoms with Crippen molar-refractivity contribution < 1.29 is 21.5 Å². The summed E-state index contributed by atoms with van der Waals surface area (Å²) in [5.41, 5.74) is 0. The summed E-state index contributed by atoms with van der Waals surface area (Å²) in [6.07, 6.45) is 24.1. The van der Waals surface area contributed by atoms with Crippen LogP contribution in [0.3, 0.4) is 0 Å². The Hall–Kier alpha value is -0.310. The smallest absolute Gasteiger partial charge is 0.253 e. The Labute approximate surface area is 168 Å². The third kappa shape index (κ3) is 11.8. The average Bonchev–Trinajstić information content (AvgIpc) is 2.93. The van der Waals surface area contributed by atoms with Gasteiger partial charge in [0.15, 0.2) is 0 Å². The minimum Gasteiger partial charge on any atom is -1.00 e. The lowest BCUT2D eigenvalue weighted by molar-refractivity contribution is -0.702. The Kier molecular flexibility index (Phi) is 16.9. The van der Waals surface area contributed by atoms with Gasteiger partial charge in [-0.3, -0.25) is 0 Å². The van der Waals surface area contributed by atoms with Gasteiger partial charge in [0.25, 0.3) is 5.82 Å². The summed E-state index contributed by atoms with van der Waals surface area (Å²) in [4.78, 5) is 0. The molecule has 0 N–H and O–H groups in total. The van der Waals surface area contributed by atoms with E-state index in [2.05, 4.69) is 42.3 Å². The number of unbranched alkanes of at least 4 members (excludes halogenated alkanes) is 12. The van der Waals surface area contributed by atoms with Gasteiger partial charge in [0.1, 0.15) is 12.4 Å². The molecule has 0 aliphatic heterocycles. The van der Waals surface area contributed by atoms with Crippen molar-refractivity contribution >= 4 is 0 Å². The van der Waals surface area contributed by atoms with Crippen LogP contribution in [0, 0.1) is 6.92 Å². The Morgan fingerprint density at radius 3 is 1.76 bits per heavy atom. The second kappa shape index (κ2) is 17.1. The molecule has 148 valence electrons. The fraction of sp³-hybridized carbons (Fsp3) is 0.864. The predicted molar refractivity (Wildman–Crippen MR) is 105 cm³/mol. The first-order valence-corrected chi connectivity index (χ1v) is 10.8. The Morgan fingerprint density at radius 2 is 1.20 bits per heavy atom. The van der Waals surface area contributed by atoms with Crippen LogP contribution in [-0.4, -0.2) is 4.57 Å². The van der Waals surface area contributed by atoms with Gasteiger partial charge >= 0.3 is 0 Å². The van der Waals surface area contributed by atoms with Gasteiger partial charge in [-0.1, -0.05) is 78.1 Å². The zero-order valence-corrected chi connectivity index (χ0v) is 18.8. The fourth-order valence-corrected chi connectivity index (χ4v) is 3.49. The second-order valence-electron chi connectivity index (χ2n) is 7.47. The number of aromatic nitrogens is 2. The molecule has 1 aromatic rings. The summed E-state index contributed by atoms with van der Waals surface area (Å²) in [7, 11) is 0. The topological polar surface area (TPSA) is 8.81 Å². The number of aryl methyl sites for hydroxylation is 2. The van der Waals surface area contributed by atoms with E-state index in [1.54, 1.807) is 0 Å². The van der Waals surface area contributed by atoms with E-state index in [-0.39, 0.29) is 17.0 Å². The lowest BCUT2D eigenvalue weighted by atomic mass is 10.1. The Morgan fingerprint density at radius 1 is 0.720 bits per heavy atom. The molecule has 0 fully saturated rings. The molecule has 0 atom stereocenters. The van der Waals surface area contributed by atoms with E-state index >= 15 is 0 Å². The number of nitrogens with zero attached hydrogens (tertiary/aromatic N) is 2. The van der Waals surface area contributed by atoms with Gasteiger partial charge in [0.05, 0.1) is 13.1 Å². The van der Waals surface area contributed by atoms with Gasteiger partial charge in [-0.2, -0.15) is 0 Å². The lowest BCUT2D eigenvalue weighted by Crippen LogP contribution is -3.00. The molecule has 2 nitrogen and oxygen atoms in total. The van der Waals surface area contributed by atoms with Crippen LogP contribution in [0.1, 0.15) is 110 Å². The highest BCUT2D eigenvalue weighted by Gasteiger charge is 2.11. The highest BCUT2D eigenvalue weighted by molar-refractivity contribution is 4.79. The summed E-state index contributed by atoms with van der Waals surface area (Å²) in [5.74, 6) is 1.44. The maximum absolute atomic E-state index is 2.45. The Bertz CT molecular complexity index is 365. The number of imidazole rings is 1. The van der Waals surface area contributed by atoms with Crippen molar-refractivity contribution in [1.82, 2.24) is 4.57 Å². The first kappa shape index (κ1) is 24.7. The minimum atomic E-state index is 0. The van der Waals surface area contributed by atoms with Crippen molar-refractivity contribution in [3.05, 3.63) is 18.2 Å². The fourth-order valence-electron chi connectivity index (χ4n) is 3.49. The maximum atomic E-state index is 2.45. The van der Waals surface area contributed by atoms with Gasteiger partial charge in [-0.05, 0) is 25.7 Å². The third-order valence-corrected chi connectivity index (χ3v) is 5.26. The highest BCUT2D eigenvalue weighted by Crippen LogP contribution is 2.09. The van der Waals surface area contributed by atoms with Gasteiger partial charge in [-0.25, -0.2) is 9.13 Å². The molecule has 3 heteroatoms. The van der Waals surface area contributed by atoms with E-state index in [1.165, 1.54) is 109 Å². The zero-order valence-electron chi connectivity index (χ0n) is 17.2. The first-order chi connectivity index (χ1) is 11.8. The monoisotopic (exact) mass is 414 g/mol. The molecule has 0 aromatic carbocycles. The highest BCUT2D eigenvalue weighted by atomic mass is 79.9. The molecular weight excluding hydrogens is 372 g/mol. The zero-order chi connectivity index (χ0) is 17.5. The maximum Gasteiger partial charge on any atom is 0.253 e. The minimum absolute atomic E-state index is 0. The van der Waals surface area contributed by atoms with Crippen LogP contribution in [0.25, 0.3) is 0 Å². The summed E-state index contributed by atoms with van der Waals surface area (Å²) in [6.45, 7) is 9.25. The van der Waals surface area contributed by atoms with Crippen molar-refractivity contribution in [1.29, 1.82) is 0 Å². The quantitative estimate of drug-likeness (QED) is 0.288. The molecule has 0 spiro atoms. The van der Waals surface area contributed by atoms with Crippen LogP contribution in [0.2, 0.25) is 0 Å². The molecule has 1 rings (SSSR count). The van der Waals surface area contributed by atoms with Gasteiger partial charge in [0, 0.05) is 6.92 Å². The molecule has 0 saturated carbocycles. The molecule has 25 heavy (non-hydrogen) atoms. The molecule has 0 amide bonds. The lowest BCUT2D eigenvalue weighted by Gasteiger charge is -2.03. The molecule has 0 aliphatic rings. The van der Waals surface area contributed by atoms with Gasteiger partial charge < -0.3 is 17.0 Å². The number of halogens is 1. The third-order valence-electron chi connectivity index (χ3n) is 5.26. The van der Waals surface area contributed by atoms with E-state index in [1.807, 2.05) is 0 Å². The summed E-state index contributed by atoms with van der Waals surface area (Å²) < 4.78 is 4.90. The standard InChI is InChI=1S/C22H43N2.BrH/c1-4-6-8-10-12-14-16-18-23-20-21-24(22(23)3)19-17-15-13-11-9-7-5-2;/h20-21H,4-19H2,1-3H3;1H/q+1;/p-1. The average molecular weight is 416 g/mol. The molecule has 1 heterocycles. The molecular formula is C22H43BrN2. The second-order valence-corrected chi connectivity index (χ2v) is 7.47. The van der Waals surface area contributed by atoms with Gasteiger partial charge in [-0.15, -0.1) is 0 Å². The normalized spacial score (nSPS) is 10.8. The first-order valence-electron chi connectivity index (χ1n) is 10.8. The van der Waals surface area contributed by atoms with Crippen LogP contribution in [0.5, 0.6) is 0 Å². The van der Waals surface area contributed by atoms with E-state index in [0.29, 0.717) is 0 Å². The molecule has 0 saturated heterocycles. The van der Waals surface area contributed by atoms with Crippen LogP contribution >= 0.6 is 0 Å². The SMILES string of the molecule is CCCCCCCCCn1cc[n+](CCCCCCCCC)c1C.[Br-]. The largest absolute Gasteiger partial charge is 1.00 e. The van der Waals surface area contributed by atoms with Crippen molar-refractivity contribution in [3.63, 3.8) is 0 Å². The Balaban J connectivity index is 0.00000576. The van der Waals surface area contributed by atoms with Crippen molar-refractivity contribution in [2.75, 3.05) is 0 Å². The molecule has 0 bridgehead atoms. The van der Waals surface area contributed by atoms with Crippen LogP contribution in [0.15, 0.2) is 12.4 Å². The molecule has 1 aromatic heterocycles. The van der Waals surface area contributed by atoms with Crippen LogP contribution < -0.4 is 21.5 Å². The number of rotatable bonds is 16. The van der Waals surface area contributed by atoms with Crippen molar-refractivity contribution in [2.24, 2.45) is 0 Å². The summed E-state index contributed by atoms with van der Waals surface area (Å²) >= 11 is 0. The molecule has 0 unspecified atom stereocenters. The van der Waals surface area contributed by atoms with Crippen molar-refractivity contribution in [2.45, 2.75) is 124 Å². The van der Waals surface area contributed by atoms with Crippen molar-refractivity contribution in [3.8, 4) is 0 Å². The number of hydrogen-bond acceptors (Lipinski definition) is 0. The summed E-state index contributed by atoms with van der Waals surface area (Å²) in [5, 5.41) is 0. The molecule has 0 radical (unpaired) electrons. The van der Waals surface area contributed by atoms with E-state index in [9.17, 15) is 0 Å². The van der Waals surface area contributed by atoms with Crippen LogP contribution in [-0.2, 0) is 13.1 Å². The number of hydrogen-bond donors (Lipinski definition) is 0. The van der Waals surface area contributed by atoms with E-state index in [4.69, 9.17) is 0 Å². The van der Waals surface area contributed by atoms with Crippen LogP contribution in [0.4, 0.5) is 0 Å². The summed E-state index contributed by atoms with van der Waals surface area (Å²) in [6, 6.07) is 0. The van der Waals surface area contributed by atoms with E-state index in [0.717, 1.165) is 0 Å².